The van der Waals surface area contributed by atoms with Gasteiger partial charge in [0.2, 0.25) is 0 Å². The fraction of sp³-hybridized carbons (Fsp3) is 0.438. The molecule has 108 valence electrons. The van der Waals surface area contributed by atoms with Gasteiger partial charge in [-0.2, -0.15) is 5.10 Å². The standard InChI is InChI=1S/C16H18N4O/c21-15(19-16-7-3-6-13(16)17-9-8-16)14-12-5-2-1-4-11(12)10-18-20-14/h1-2,4-5,10,13,17H,3,6-9H2,(H,19,21). The zero-order chi connectivity index (χ0) is 14.3. The Hall–Kier alpha value is -2.01. The van der Waals surface area contributed by atoms with Crippen molar-refractivity contribution in [2.75, 3.05) is 6.54 Å². The summed E-state index contributed by atoms with van der Waals surface area (Å²) in [6.45, 7) is 0.978. The van der Waals surface area contributed by atoms with E-state index in [0.717, 1.165) is 36.6 Å². The molecular formula is C16H18N4O. The Morgan fingerprint density at radius 1 is 1.33 bits per heavy atom. The maximum Gasteiger partial charge on any atom is 0.272 e. The van der Waals surface area contributed by atoms with Crippen molar-refractivity contribution in [3.8, 4) is 0 Å². The lowest BCUT2D eigenvalue weighted by Crippen LogP contribution is -2.53. The SMILES string of the molecule is O=C(NC12CCCC1NCC2)c1nncc2ccccc12. The monoisotopic (exact) mass is 282 g/mol. The minimum atomic E-state index is -0.102. The molecule has 2 atom stereocenters. The highest BCUT2D eigenvalue weighted by atomic mass is 16.2. The van der Waals surface area contributed by atoms with Crippen molar-refractivity contribution in [3.05, 3.63) is 36.2 Å². The zero-order valence-corrected chi connectivity index (χ0v) is 11.8. The van der Waals surface area contributed by atoms with Crippen LogP contribution in [0.15, 0.2) is 30.5 Å². The van der Waals surface area contributed by atoms with Crippen LogP contribution in [0.5, 0.6) is 0 Å². The first-order valence-corrected chi connectivity index (χ1v) is 7.55. The van der Waals surface area contributed by atoms with Crippen LogP contribution in [0.1, 0.15) is 36.2 Å². The number of hydrogen-bond donors (Lipinski definition) is 2. The molecule has 1 saturated carbocycles. The number of fused-ring (bicyclic) bond motifs is 2. The van der Waals surface area contributed by atoms with E-state index in [4.69, 9.17) is 0 Å². The summed E-state index contributed by atoms with van der Waals surface area (Å²) in [6, 6.07) is 8.15. The number of carbonyl (C=O) groups is 1. The molecule has 0 bridgehead atoms. The van der Waals surface area contributed by atoms with Crippen LogP contribution < -0.4 is 10.6 Å². The van der Waals surface area contributed by atoms with E-state index in [9.17, 15) is 4.79 Å². The lowest BCUT2D eigenvalue weighted by atomic mass is 9.93. The predicted octanol–water partition coefficient (Wildman–Crippen LogP) is 1.64. The van der Waals surface area contributed by atoms with E-state index in [2.05, 4.69) is 20.8 Å². The highest BCUT2D eigenvalue weighted by molar-refractivity contribution is 6.05. The van der Waals surface area contributed by atoms with Crippen LogP contribution in [0.4, 0.5) is 0 Å². The largest absolute Gasteiger partial charge is 0.344 e. The van der Waals surface area contributed by atoms with Gasteiger partial charge in [0, 0.05) is 16.8 Å². The Morgan fingerprint density at radius 3 is 3.19 bits per heavy atom. The highest BCUT2D eigenvalue weighted by Crippen LogP contribution is 2.36. The van der Waals surface area contributed by atoms with E-state index in [-0.39, 0.29) is 11.4 Å². The number of benzene rings is 1. The maximum absolute atomic E-state index is 12.7. The number of nitrogens with zero attached hydrogens (tertiary/aromatic N) is 2. The number of amides is 1. The number of rotatable bonds is 2. The van der Waals surface area contributed by atoms with Crippen molar-refractivity contribution in [2.24, 2.45) is 0 Å². The van der Waals surface area contributed by atoms with Gasteiger partial charge in [-0.3, -0.25) is 4.79 Å². The Labute approximate surface area is 123 Å². The van der Waals surface area contributed by atoms with Crippen LogP contribution in [-0.2, 0) is 0 Å². The van der Waals surface area contributed by atoms with Crippen LogP contribution >= 0.6 is 0 Å². The van der Waals surface area contributed by atoms with Crippen molar-refractivity contribution in [2.45, 2.75) is 37.3 Å². The molecule has 2 N–H and O–H groups in total. The van der Waals surface area contributed by atoms with Gasteiger partial charge in [-0.05, 0) is 32.2 Å². The van der Waals surface area contributed by atoms with Crippen molar-refractivity contribution < 1.29 is 4.79 Å². The fourth-order valence-corrected chi connectivity index (χ4v) is 3.83. The summed E-state index contributed by atoms with van der Waals surface area (Å²) < 4.78 is 0. The van der Waals surface area contributed by atoms with E-state index in [1.54, 1.807) is 6.20 Å². The first-order valence-electron chi connectivity index (χ1n) is 7.55. The second-order valence-corrected chi connectivity index (χ2v) is 6.04. The minimum absolute atomic E-state index is 0.0876. The molecule has 2 heterocycles. The van der Waals surface area contributed by atoms with E-state index in [1.165, 1.54) is 6.42 Å². The summed E-state index contributed by atoms with van der Waals surface area (Å²) in [5.74, 6) is -0.102. The maximum atomic E-state index is 12.7. The van der Waals surface area contributed by atoms with Gasteiger partial charge in [0.1, 0.15) is 0 Å². The Morgan fingerprint density at radius 2 is 2.24 bits per heavy atom. The fourth-order valence-electron chi connectivity index (χ4n) is 3.83. The number of carbonyl (C=O) groups excluding carboxylic acids is 1. The van der Waals surface area contributed by atoms with Gasteiger partial charge in [-0.25, -0.2) is 0 Å². The first-order chi connectivity index (χ1) is 10.3. The molecule has 2 aromatic rings. The molecule has 2 aliphatic rings. The average Bonchev–Trinajstić information content (AvgIpc) is 3.06. The number of hydrogen-bond acceptors (Lipinski definition) is 4. The molecule has 0 radical (unpaired) electrons. The molecule has 1 aliphatic heterocycles. The van der Waals surface area contributed by atoms with Gasteiger partial charge in [0.05, 0.1) is 11.7 Å². The van der Waals surface area contributed by atoms with Crippen molar-refractivity contribution in [3.63, 3.8) is 0 Å². The van der Waals surface area contributed by atoms with Crippen molar-refractivity contribution in [1.29, 1.82) is 0 Å². The molecule has 1 aromatic carbocycles. The molecule has 1 saturated heterocycles. The summed E-state index contributed by atoms with van der Waals surface area (Å²) in [4.78, 5) is 12.7. The van der Waals surface area contributed by atoms with E-state index in [1.807, 2.05) is 24.3 Å². The lowest BCUT2D eigenvalue weighted by Gasteiger charge is -2.30. The first kappa shape index (κ1) is 12.7. The van der Waals surface area contributed by atoms with Crippen LogP contribution in [0.2, 0.25) is 0 Å². The summed E-state index contributed by atoms with van der Waals surface area (Å²) in [5, 5.41) is 16.6. The van der Waals surface area contributed by atoms with E-state index in [0.29, 0.717) is 11.7 Å². The van der Waals surface area contributed by atoms with Gasteiger partial charge in [-0.1, -0.05) is 24.3 Å². The third kappa shape index (κ3) is 2.00. The molecule has 21 heavy (non-hydrogen) atoms. The predicted molar refractivity (Wildman–Crippen MR) is 80.0 cm³/mol. The summed E-state index contributed by atoms with van der Waals surface area (Å²) in [6.07, 6.45) is 6.05. The van der Waals surface area contributed by atoms with Gasteiger partial charge in [0.15, 0.2) is 5.69 Å². The summed E-state index contributed by atoms with van der Waals surface area (Å²) in [7, 11) is 0. The minimum Gasteiger partial charge on any atom is -0.344 e. The van der Waals surface area contributed by atoms with Gasteiger partial charge >= 0.3 is 0 Å². The van der Waals surface area contributed by atoms with Crippen LogP contribution in [-0.4, -0.2) is 34.2 Å². The Kier molecular flexibility index (Phi) is 2.89. The van der Waals surface area contributed by atoms with Crippen LogP contribution in [0.3, 0.4) is 0 Å². The quantitative estimate of drug-likeness (QED) is 0.879. The summed E-state index contributed by atoms with van der Waals surface area (Å²) in [5.41, 5.74) is 0.343. The molecule has 1 aliphatic carbocycles. The molecule has 1 aromatic heterocycles. The molecule has 2 fully saturated rings. The van der Waals surface area contributed by atoms with Gasteiger partial charge in [0.25, 0.3) is 5.91 Å². The Bertz CT molecular complexity index is 684. The summed E-state index contributed by atoms with van der Waals surface area (Å²) >= 11 is 0. The Balaban J connectivity index is 1.68. The van der Waals surface area contributed by atoms with Crippen LogP contribution in [0.25, 0.3) is 10.8 Å². The lowest BCUT2D eigenvalue weighted by molar-refractivity contribution is 0.0893. The molecule has 4 rings (SSSR count). The smallest absolute Gasteiger partial charge is 0.272 e. The molecule has 2 unspecified atom stereocenters. The van der Waals surface area contributed by atoms with Crippen LogP contribution in [0, 0.1) is 0 Å². The number of aromatic nitrogens is 2. The second-order valence-electron chi connectivity index (χ2n) is 6.04. The second kappa shape index (κ2) is 4.77. The molecule has 5 nitrogen and oxygen atoms in total. The zero-order valence-electron chi connectivity index (χ0n) is 11.8. The average molecular weight is 282 g/mol. The van der Waals surface area contributed by atoms with E-state index >= 15 is 0 Å². The molecule has 1 amide bonds. The topological polar surface area (TPSA) is 66.9 Å². The van der Waals surface area contributed by atoms with E-state index < -0.39 is 0 Å². The van der Waals surface area contributed by atoms with Gasteiger partial charge in [-0.15, -0.1) is 5.10 Å². The van der Waals surface area contributed by atoms with Crippen molar-refractivity contribution >= 4 is 16.7 Å². The number of nitrogens with one attached hydrogen (secondary N) is 2. The third-order valence-electron chi connectivity index (χ3n) is 4.89. The molecule has 5 heteroatoms. The highest BCUT2D eigenvalue weighted by Gasteiger charge is 2.47. The van der Waals surface area contributed by atoms with Crippen molar-refractivity contribution in [1.82, 2.24) is 20.8 Å². The molecule has 0 spiro atoms. The molecular weight excluding hydrogens is 264 g/mol. The normalized spacial score (nSPS) is 27.7. The van der Waals surface area contributed by atoms with Gasteiger partial charge < -0.3 is 10.6 Å². The third-order valence-corrected chi connectivity index (χ3v) is 4.89.